The zero-order valence-electron chi connectivity index (χ0n) is 10.8. The molecule has 0 aliphatic carbocycles. The van der Waals surface area contributed by atoms with Crippen molar-refractivity contribution in [1.29, 1.82) is 0 Å². The van der Waals surface area contributed by atoms with Crippen molar-refractivity contribution < 1.29 is 19.1 Å². The SMILES string of the molecule is O=C(O)CCCCCNC(=O)Nc1ccc(F)c(Br)c1. The maximum atomic E-state index is 13.0. The number of amides is 2. The normalized spacial score (nSPS) is 10.1. The van der Waals surface area contributed by atoms with Gasteiger partial charge in [0.1, 0.15) is 5.82 Å². The number of hydrogen-bond donors (Lipinski definition) is 3. The zero-order chi connectivity index (χ0) is 15.0. The average Bonchev–Trinajstić information content (AvgIpc) is 2.38. The topological polar surface area (TPSA) is 78.4 Å². The highest BCUT2D eigenvalue weighted by Gasteiger charge is 2.04. The van der Waals surface area contributed by atoms with Crippen molar-refractivity contribution in [2.45, 2.75) is 25.7 Å². The minimum atomic E-state index is -0.808. The lowest BCUT2D eigenvalue weighted by Gasteiger charge is -2.08. The maximum Gasteiger partial charge on any atom is 0.319 e. The van der Waals surface area contributed by atoms with Crippen LogP contribution >= 0.6 is 15.9 Å². The molecule has 0 unspecified atom stereocenters. The van der Waals surface area contributed by atoms with Gasteiger partial charge in [-0.1, -0.05) is 6.42 Å². The number of anilines is 1. The lowest BCUT2D eigenvalue weighted by atomic mass is 10.2. The first kappa shape index (κ1) is 16.4. The highest BCUT2D eigenvalue weighted by Crippen LogP contribution is 2.19. The Morgan fingerprint density at radius 3 is 2.65 bits per heavy atom. The number of unbranched alkanes of at least 4 members (excludes halogenated alkanes) is 2. The van der Waals surface area contributed by atoms with Crippen LogP contribution in [0.4, 0.5) is 14.9 Å². The summed E-state index contributed by atoms with van der Waals surface area (Å²) in [5.74, 6) is -1.20. The Morgan fingerprint density at radius 1 is 1.25 bits per heavy atom. The number of hydrogen-bond acceptors (Lipinski definition) is 2. The summed E-state index contributed by atoms with van der Waals surface area (Å²) in [6.07, 6.45) is 2.21. The molecule has 1 aromatic carbocycles. The molecule has 7 heteroatoms. The summed E-state index contributed by atoms with van der Waals surface area (Å²) < 4.78 is 13.3. The Balaban J connectivity index is 2.20. The van der Waals surface area contributed by atoms with Crippen LogP contribution in [0.3, 0.4) is 0 Å². The first-order valence-corrected chi connectivity index (χ1v) is 7.00. The second-order valence-corrected chi connectivity index (χ2v) is 5.07. The van der Waals surface area contributed by atoms with E-state index in [9.17, 15) is 14.0 Å². The number of carboxylic acid groups (broad SMARTS) is 1. The van der Waals surface area contributed by atoms with E-state index in [2.05, 4.69) is 26.6 Å². The van der Waals surface area contributed by atoms with Gasteiger partial charge < -0.3 is 15.7 Å². The third-order valence-corrected chi connectivity index (χ3v) is 3.14. The van der Waals surface area contributed by atoms with Crippen molar-refractivity contribution >= 4 is 33.6 Å². The summed E-state index contributed by atoms with van der Waals surface area (Å²) in [5, 5.41) is 13.7. The number of nitrogens with one attached hydrogen (secondary N) is 2. The molecule has 0 aliphatic heterocycles. The Kier molecular flexibility index (Phi) is 7.00. The minimum Gasteiger partial charge on any atom is -0.481 e. The fraction of sp³-hybridized carbons (Fsp3) is 0.385. The number of halogens is 2. The summed E-state index contributed by atoms with van der Waals surface area (Å²) >= 11 is 3.03. The molecule has 3 N–H and O–H groups in total. The lowest BCUT2D eigenvalue weighted by Crippen LogP contribution is -2.29. The fourth-order valence-electron chi connectivity index (χ4n) is 1.53. The first-order valence-electron chi connectivity index (χ1n) is 6.20. The van der Waals surface area contributed by atoms with Crippen LogP contribution in [0.25, 0.3) is 0 Å². The molecular formula is C13H16BrFN2O3. The minimum absolute atomic E-state index is 0.149. The summed E-state index contributed by atoms with van der Waals surface area (Å²) in [7, 11) is 0. The van der Waals surface area contributed by atoms with E-state index in [0.29, 0.717) is 25.1 Å². The van der Waals surface area contributed by atoms with Gasteiger partial charge in [0.15, 0.2) is 0 Å². The second kappa shape index (κ2) is 8.52. The van der Waals surface area contributed by atoms with Crippen molar-refractivity contribution in [3.05, 3.63) is 28.5 Å². The van der Waals surface area contributed by atoms with E-state index in [1.54, 1.807) is 0 Å². The Labute approximate surface area is 124 Å². The van der Waals surface area contributed by atoms with Crippen molar-refractivity contribution in [1.82, 2.24) is 5.32 Å². The Morgan fingerprint density at radius 2 is 2.00 bits per heavy atom. The van der Waals surface area contributed by atoms with E-state index in [0.717, 1.165) is 6.42 Å². The number of rotatable bonds is 7. The van der Waals surface area contributed by atoms with Gasteiger partial charge in [0.2, 0.25) is 0 Å². The van der Waals surface area contributed by atoms with Crippen LogP contribution in [0, 0.1) is 5.82 Å². The van der Waals surface area contributed by atoms with Crippen molar-refractivity contribution in [3.8, 4) is 0 Å². The average molecular weight is 347 g/mol. The van der Waals surface area contributed by atoms with Gasteiger partial charge >= 0.3 is 12.0 Å². The molecule has 0 aliphatic rings. The zero-order valence-corrected chi connectivity index (χ0v) is 12.4. The van der Waals surface area contributed by atoms with Gasteiger partial charge in [0, 0.05) is 18.7 Å². The molecule has 1 aromatic rings. The predicted octanol–water partition coefficient (Wildman–Crippen LogP) is 3.35. The summed E-state index contributed by atoms with van der Waals surface area (Å²) in [6, 6.07) is 3.82. The van der Waals surface area contributed by atoms with Crippen LogP contribution in [0.2, 0.25) is 0 Å². The summed E-state index contributed by atoms with van der Waals surface area (Å²) in [4.78, 5) is 21.8. The van der Waals surface area contributed by atoms with Gasteiger partial charge in [-0.25, -0.2) is 9.18 Å². The molecule has 0 bridgehead atoms. The smallest absolute Gasteiger partial charge is 0.319 e. The highest BCUT2D eigenvalue weighted by molar-refractivity contribution is 9.10. The molecule has 20 heavy (non-hydrogen) atoms. The van der Waals surface area contributed by atoms with Crippen molar-refractivity contribution in [3.63, 3.8) is 0 Å². The Hall–Kier alpha value is -1.63. The molecule has 0 saturated carbocycles. The molecule has 0 radical (unpaired) electrons. The van der Waals surface area contributed by atoms with Gasteiger partial charge in [-0.2, -0.15) is 0 Å². The van der Waals surface area contributed by atoms with E-state index in [4.69, 9.17) is 5.11 Å². The number of benzene rings is 1. The molecule has 2 amide bonds. The summed E-state index contributed by atoms with van der Waals surface area (Å²) in [6.45, 7) is 0.466. The van der Waals surface area contributed by atoms with E-state index < -0.39 is 11.8 Å². The molecule has 0 fully saturated rings. The molecule has 0 spiro atoms. The Bertz CT molecular complexity index is 483. The second-order valence-electron chi connectivity index (χ2n) is 4.21. The van der Waals surface area contributed by atoms with Crippen LogP contribution < -0.4 is 10.6 Å². The largest absolute Gasteiger partial charge is 0.481 e. The highest BCUT2D eigenvalue weighted by atomic mass is 79.9. The van der Waals surface area contributed by atoms with Gasteiger partial charge in [0.05, 0.1) is 4.47 Å². The maximum absolute atomic E-state index is 13.0. The number of aliphatic carboxylic acids is 1. The van der Waals surface area contributed by atoms with Crippen molar-refractivity contribution in [2.24, 2.45) is 0 Å². The van der Waals surface area contributed by atoms with E-state index in [1.807, 2.05) is 0 Å². The van der Waals surface area contributed by atoms with Crippen LogP contribution in [0.1, 0.15) is 25.7 Å². The van der Waals surface area contributed by atoms with E-state index in [-0.39, 0.29) is 16.9 Å². The van der Waals surface area contributed by atoms with Gasteiger partial charge in [0.25, 0.3) is 0 Å². The number of carbonyl (C=O) groups excluding carboxylic acids is 1. The number of carbonyl (C=O) groups is 2. The molecule has 0 saturated heterocycles. The van der Waals surface area contributed by atoms with Gasteiger partial charge in [-0.3, -0.25) is 4.79 Å². The molecule has 0 atom stereocenters. The molecule has 0 heterocycles. The third-order valence-electron chi connectivity index (χ3n) is 2.53. The quantitative estimate of drug-likeness (QED) is 0.662. The van der Waals surface area contributed by atoms with Gasteiger partial charge in [-0.15, -0.1) is 0 Å². The fourth-order valence-corrected chi connectivity index (χ4v) is 1.91. The van der Waals surface area contributed by atoms with Crippen LogP contribution in [-0.2, 0) is 4.79 Å². The predicted molar refractivity (Wildman–Crippen MR) is 77.2 cm³/mol. The van der Waals surface area contributed by atoms with Crippen LogP contribution in [0.5, 0.6) is 0 Å². The van der Waals surface area contributed by atoms with Gasteiger partial charge in [-0.05, 0) is 47.0 Å². The number of urea groups is 1. The van der Waals surface area contributed by atoms with Crippen LogP contribution in [-0.4, -0.2) is 23.7 Å². The lowest BCUT2D eigenvalue weighted by molar-refractivity contribution is -0.137. The number of carboxylic acids is 1. The molecule has 110 valence electrons. The standard InChI is InChI=1S/C13H16BrFN2O3/c14-10-8-9(5-6-11(10)15)17-13(20)16-7-3-1-2-4-12(18)19/h5-6,8H,1-4,7H2,(H,18,19)(H2,16,17,20). The summed E-state index contributed by atoms with van der Waals surface area (Å²) in [5.41, 5.74) is 0.488. The van der Waals surface area contributed by atoms with E-state index >= 15 is 0 Å². The molecule has 1 rings (SSSR count). The third kappa shape index (κ3) is 6.51. The van der Waals surface area contributed by atoms with Crippen LogP contribution in [0.15, 0.2) is 22.7 Å². The molecular weight excluding hydrogens is 331 g/mol. The molecule has 0 aromatic heterocycles. The molecule has 5 nitrogen and oxygen atoms in total. The monoisotopic (exact) mass is 346 g/mol. The first-order chi connectivity index (χ1) is 9.49. The van der Waals surface area contributed by atoms with E-state index in [1.165, 1.54) is 18.2 Å². The van der Waals surface area contributed by atoms with Crippen molar-refractivity contribution in [2.75, 3.05) is 11.9 Å².